The van der Waals surface area contributed by atoms with E-state index in [4.69, 9.17) is 23.3 Å². The highest BCUT2D eigenvalue weighted by Crippen LogP contribution is 2.43. The Balaban J connectivity index is 4.79. The highest BCUT2D eigenvalue weighted by molar-refractivity contribution is 7.47. The Morgan fingerprint density at radius 1 is 0.378 bits per heavy atom. The summed E-state index contributed by atoms with van der Waals surface area (Å²) in [4.78, 5) is 48.6. The molecule has 0 bridgehead atoms. The molecule has 0 fully saturated rings. The first kappa shape index (κ1) is 70.1. The van der Waals surface area contributed by atoms with Crippen molar-refractivity contribution in [1.29, 1.82) is 0 Å². The van der Waals surface area contributed by atoms with Crippen LogP contribution in [0.1, 0.15) is 226 Å². The van der Waals surface area contributed by atoms with E-state index in [9.17, 15) is 28.9 Å². The molecule has 0 spiro atoms. The first-order chi connectivity index (χ1) is 36.2. The van der Waals surface area contributed by atoms with Gasteiger partial charge in [-0.15, -0.1) is 0 Å². The number of aliphatic hydroxyl groups excluding tert-OH is 1. The summed E-state index contributed by atoms with van der Waals surface area (Å²) in [5.74, 6) is -1.52. The number of rotatable bonds is 52. The Labute approximate surface area is 450 Å². The molecule has 0 saturated carbocycles. The maximum atomic E-state index is 12.9. The predicted molar refractivity (Wildman–Crippen MR) is 307 cm³/mol. The third-order valence-corrected chi connectivity index (χ3v) is 12.6. The van der Waals surface area contributed by atoms with Crippen molar-refractivity contribution in [2.24, 2.45) is 0 Å². The summed E-state index contributed by atoms with van der Waals surface area (Å²) in [6.45, 7) is 4.25. The van der Waals surface area contributed by atoms with Crippen LogP contribution < -0.4 is 0 Å². The van der Waals surface area contributed by atoms with E-state index in [1.54, 1.807) is 0 Å². The average Bonchev–Trinajstić information content (AvgIpc) is 3.39. The van der Waals surface area contributed by atoms with Crippen molar-refractivity contribution in [2.45, 2.75) is 238 Å². The normalized spacial score (nSPS) is 14.2. The Hall–Kier alpha value is -3.86. The minimum Gasteiger partial charge on any atom is -0.462 e. The fraction of sp³-hybridized carbons (Fsp3) is 0.661. The molecular formula is C62H103O11P. The van der Waals surface area contributed by atoms with Crippen LogP contribution >= 0.6 is 7.82 Å². The lowest BCUT2D eigenvalue weighted by Gasteiger charge is -2.21. The van der Waals surface area contributed by atoms with Crippen LogP contribution in [-0.2, 0) is 42.2 Å². The second kappa shape index (κ2) is 55.4. The van der Waals surface area contributed by atoms with E-state index >= 15 is 0 Å². The lowest BCUT2D eigenvalue weighted by atomic mass is 10.1. The smallest absolute Gasteiger partial charge is 0.462 e. The van der Waals surface area contributed by atoms with Crippen molar-refractivity contribution < 1.29 is 52.2 Å². The van der Waals surface area contributed by atoms with Gasteiger partial charge in [0, 0.05) is 19.3 Å². The zero-order valence-electron chi connectivity index (χ0n) is 46.5. The Bertz CT molecular complexity index is 1660. The van der Waals surface area contributed by atoms with Gasteiger partial charge >= 0.3 is 25.7 Å². The van der Waals surface area contributed by atoms with Crippen LogP contribution in [0.25, 0.3) is 0 Å². The zero-order chi connectivity index (χ0) is 54.1. The molecule has 0 heterocycles. The van der Waals surface area contributed by atoms with Crippen molar-refractivity contribution in [3.63, 3.8) is 0 Å². The number of ether oxygens (including phenoxy) is 3. The summed E-state index contributed by atoms with van der Waals surface area (Å²) in [5, 5.41) is 9.82. The predicted octanol–water partition coefficient (Wildman–Crippen LogP) is 17.0. The quantitative estimate of drug-likeness (QED) is 0.0197. The summed E-state index contributed by atoms with van der Waals surface area (Å²) in [6.07, 6.45) is 66.1. The van der Waals surface area contributed by atoms with E-state index in [1.165, 1.54) is 6.42 Å². The molecule has 0 aliphatic rings. The molecule has 2 N–H and O–H groups in total. The summed E-state index contributed by atoms with van der Waals surface area (Å²) in [5.41, 5.74) is 0. The molecule has 12 heteroatoms. The van der Waals surface area contributed by atoms with Crippen LogP contribution in [0.3, 0.4) is 0 Å². The van der Waals surface area contributed by atoms with Gasteiger partial charge in [-0.3, -0.25) is 23.4 Å². The summed E-state index contributed by atoms with van der Waals surface area (Å²) in [6, 6.07) is 0. The molecule has 0 aromatic heterocycles. The van der Waals surface area contributed by atoms with Crippen LogP contribution in [0, 0.1) is 0 Å². The van der Waals surface area contributed by atoms with Gasteiger partial charge < -0.3 is 24.2 Å². The molecule has 0 saturated heterocycles. The minimum atomic E-state index is -4.77. The van der Waals surface area contributed by atoms with Crippen LogP contribution in [0.2, 0.25) is 0 Å². The number of phosphoric ester groups is 1. The first-order valence-electron chi connectivity index (χ1n) is 28.8. The number of aliphatic hydroxyl groups is 1. The zero-order valence-corrected chi connectivity index (χ0v) is 47.4. The fourth-order valence-corrected chi connectivity index (χ4v) is 8.18. The molecule has 0 rings (SSSR count). The summed E-state index contributed by atoms with van der Waals surface area (Å²) < 4.78 is 39.5. The molecule has 3 unspecified atom stereocenters. The molecule has 0 aromatic carbocycles. The van der Waals surface area contributed by atoms with Crippen molar-refractivity contribution >= 4 is 25.7 Å². The minimum absolute atomic E-state index is 0.146. The van der Waals surface area contributed by atoms with E-state index in [0.717, 1.165) is 161 Å². The van der Waals surface area contributed by atoms with E-state index < -0.39 is 57.8 Å². The molecule has 0 aliphatic heterocycles. The highest BCUT2D eigenvalue weighted by atomic mass is 31.2. The van der Waals surface area contributed by atoms with E-state index in [0.29, 0.717) is 19.3 Å². The van der Waals surface area contributed by atoms with Crippen molar-refractivity contribution in [1.82, 2.24) is 0 Å². The van der Waals surface area contributed by atoms with Gasteiger partial charge in [-0.1, -0.05) is 201 Å². The number of phosphoric acid groups is 1. The Morgan fingerprint density at radius 2 is 0.662 bits per heavy atom. The van der Waals surface area contributed by atoms with Gasteiger partial charge in [-0.25, -0.2) is 4.57 Å². The van der Waals surface area contributed by atoms with Crippen LogP contribution in [0.4, 0.5) is 0 Å². The number of esters is 3. The Kier molecular flexibility index (Phi) is 52.5. The molecule has 3 atom stereocenters. The average molecular weight is 1060 g/mol. The van der Waals surface area contributed by atoms with E-state index in [-0.39, 0.29) is 25.9 Å². The number of hydrogen-bond acceptors (Lipinski definition) is 10. The molecule has 11 nitrogen and oxygen atoms in total. The third kappa shape index (κ3) is 53.0. The highest BCUT2D eigenvalue weighted by Gasteiger charge is 2.28. The van der Waals surface area contributed by atoms with E-state index in [1.807, 2.05) is 0 Å². The number of unbranched alkanes of at least 4 members (excludes halogenated alkanes) is 17. The monoisotopic (exact) mass is 1050 g/mol. The topological polar surface area (TPSA) is 155 Å². The lowest BCUT2D eigenvalue weighted by Crippen LogP contribution is -2.30. The molecular weight excluding hydrogens is 952 g/mol. The number of carbonyl (C=O) groups is 3. The molecule has 0 aliphatic carbocycles. The maximum Gasteiger partial charge on any atom is 0.472 e. The van der Waals surface area contributed by atoms with Gasteiger partial charge in [-0.05, 0) is 116 Å². The summed E-state index contributed by atoms with van der Waals surface area (Å²) >= 11 is 0. The summed E-state index contributed by atoms with van der Waals surface area (Å²) in [7, 11) is -4.77. The fourth-order valence-electron chi connectivity index (χ4n) is 7.40. The third-order valence-electron chi connectivity index (χ3n) is 11.7. The van der Waals surface area contributed by atoms with Gasteiger partial charge in [-0.2, -0.15) is 0 Å². The van der Waals surface area contributed by atoms with Gasteiger partial charge in [0.25, 0.3) is 0 Å². The second-order valence-corrected chi connectivity index (χ2v) is 20.1. The molecule has 0 amide bonds. The van der Waals surface area contributed by atoms with Gasteiger partial charge in [0.1, 0.15) is 12.7 Å². The standard InChI is InChI=1S/C62H103O11P/c1-4-7-10-13-16-19-22-25-28-29-32-35-38-41-44-47-50-53-62(66)73-59(55-69-60(64)51-48-45-42-39-36-33-30-26-23-20-17-14-11-8-5-2)57-71-74(67,68)70-56-58(54-63)72-61(65)52-49-46-43-40-37-34-31-27-24-21-18-15-12-9-6-3/h7-12,16-21,25-28,30-31,58-59,63H,4-6,13-15,22-24,29,32-57H2,1-3H3,(H,67,68)/b10-7-,11-8-,12-9-,19-16-,20-17-,21-18-,28-25-,30-26-,31-27-. The van der Waals surface area contributed by atoms with Crippen molar-refractivity contribution in [3.05, 3.63) is 109 Å². The largest absolute Gasteiger partial charge is 0.472 e. The van der Waals surface area contributed by atoms with Gasteiger partial charge in [0.15, 0.2) is 6.10 Å². The first-order valence-corrected chi connectivity index (χ1v) is 30.3. The van der Waals surface area contributed by atoms with Gasteiger partial charge in [0.2, 0.25) is 0 Å². The molecule has 74 heavy (non-hydrogen) atoms. The molecule has 0 radical (unpaired) electrons. The SMILES string of the molecule is CC/C=C\C/C=C\C/C=C\CCCCCCCCCC(=O)OC(COC(=O)CCCCCCC/C=C\C/C=C\C/C=C\CC)COP(=O)(O)OCC(CO)OC(=O)CCCCCCC/C=C\C/C=C\C/C=C\CC. The van der Waals surface area contributed by atoms with Crippen LogP contribution in [0.5, 0.6) is 0 Å². The number of carbonyl (C=O) groups excluding carboxylic acids is 3. The second-order valence-electron chi connectivity index (χ2n) is 18.7. The van der Waals surface area contributed by atoms with Crippen molar-refractivity contribution in [3.8, 4) is 0 Å². The van der Waals surface area contributed by atoms with Crippen LogP contribution in [-0.4, -0.2) is 66.5 Å². The molecule has 422 valence electrons. The lowest BCUT2D eigenvalue weighted by molar-refractivity contribution is -0.161. The van der Waals surface area contributed by atoms with Crippen LogP contribution in [0.15, 0.2) is 109 Å². The van der Waals surface area contributed by atoms with Gasteiger partial charge in [0.05, 0.1) is 19.8 Å². The van der Waals surface area contributed by atoms with Crippen molar-refractivity contribution in [2.75, 3.05) is 26.4 Å². The maximum absolute atomic E-state index is 12.9. The molecule has 0 aromatic rings. The van der Waals surface area contributed by atoms with E-state index in [2.05, 4.69) is 130 Å². The number of hydrogen-bond donors (Lipinski definition) is 2. The Morgan fingerprint density at radius 3 is 1.01 bits per heavy atom. The number of allylic oxidation sites excluding steroid dienone is 18.